The molecule has 1 fully saturated rings. The second-order valence-corrected chi connectivity index (χ2v) is 7.58. The first-order chi connectivity index (χ1) is 13.9. The first-order valence-corrected chi connectivity index (χ1v) is 10.3. The van der Waals surface area contributed by atoms with Crippen molar-refractivity contribution in [3.63, 3.8) is 0 Å². The van der Waals surface area contributed by atoms with Crippen LogP contribution in [0.5, 0.6) is 0 Å². The van der Waals surface area contributed by atoms with Gasteiger partial charge in [-0.05, 0) is 58.7 Å². The lowest BCUT2D eigenvalue weighted by atomic mass is 9.84. The van der Waals surface area contributed by atoms with Gasteiger partial charge in [-0.3, -0.25) is 0 Å². The molecule has 3 aromatic carbocycles. The average molecular weight is 370 g/mol. The first kappa shape index (κ1) is 18.5. The van der Waals surface area contributed by atoms with Crippen LogP contribution in [0.1, 0.15) is 54.7 Å². The van der Waals surface area contributed by atoms with Gasteiger partial charge in [0.2, 0.25) is 0 Å². The summed E-state index contributed by atoms with van der Waals surface area (Å²) in [5, 5.41) is 4.20. The molecule has 0 bridgehead atoms. The summed E-state index contributed by atoms with van der Waals surface area (Å²) in [6.45, 7) is 0.472. The zero-order valence-corrected chi connectivity index (χ0v) is 16.3. The molecule has 2 nitrogen and oxygen atoms in total. The Kier molecular flexibility index (Phi) is 6.18. The van der Waals surface area contributed by atoms with E-state index in [-0.39, 0.29) is 0 Å². The van der Waals surface area contributed by atoms with Gasteiger partial charge in [0, 0.05) is 0 Å². The van der Waals surface area contributed by atoms with Crippen LogP contribution in [0.4, 0.5) is 0 Å². The Balaban J connectivity index is 1.36. The van der Waals surface area contributed by atoms with Crippen molar-refractivity contribution in [3.05, 3.63) is 95.6 Å². The predicted molar refractivity (Wildman–Crippen MR) is 117 cm³/mol. The van der Waals surface area contributed by atoms with Gasteiger partial charge in [0.05, 0.1) is 6.21 Å². The van der Waals surface area contributed by atoms with Gasteiger partial charge in [-0.25, -0.2) is 0 Å². The summed E-state index contributed by atoms with van der Waals surface area (Å²) in [6, 6.07) is 27.6. The first-order valence-electron chi connectivity index (χ1n) is 10.3. The molecule has 0 atom stereocenters. The Morgan fingerprint density at radius 2 is 1.57 bits per heavy atom. The van der Waals surface area contributed by atoms with E-state index in [1.807, 2.05) is 12.3 Å². The van der Waals surface area contributed by atoms with Crippen LogP contribution in [0.15, 0.2) is 84.0 Å². The van der Waals surface area contributed by atoms with Crippen molar-refractivity contribution in [2.45, 2.75) is 44.6 Å². The van der Waals surface area contributed by atoms with Crippen LogP contribution in [-0.4, -0.2) is 6.21 Å². The molecule has 0 N–H and O–H groups in total. The number of nitrogens with zero attached hydrogens (tertiary/aromatic N) is 1. The summed E-state index contributed by atoms with van der Waals surface area (Å²) in [6.07, 6.45) is 8.55. The summed E-state index contributed by atoms with van der Waals surface area (Å²) in [7, 11) is 0. The maximum atomic E-state index is 5.57. The van der Waals surface area contributed by atoms with E-state index in [4.69, 9.17) is 4.84 Å². The zero-order chi connectivity index (χ0) is 19.0. The third-order valence-electron chi connectivity index (χ3n) is 5.53. The second kappa shape index (κ2) is 9.36. The fourth-order valence-electron chi connectivity index (χ4n) is 4.01. The topological polar surface area (TPSA) is 21.6 Å². The van der Waals surface area contributed by atoms with Gasteiger partial charge in [0.25, 0.3) is 0 Å². The molecular formula is C26H27NO. The minimum absolute atomic E-state index is 0.472. The van der Waals surface area contributed by atoms with E-state index in [1.165, 1.54) is 48.8 Å². The molecule has 142 valence electrons. The van der Waals surface area contributed by atoms with Gasteiger partial charge in [0.1, 0.15) is 6.61 Å². The normalized spacial score (nSPS) is 15.0. The predicted octanol–water partition coefficient (Wildman–Crippen LogP) is 6.95. The van der Waals surface area contributed by atoms with E-state index in [2.05, 4.69) is 78.0 Å². The summed E-state index contributed by atoms with van der Waals surface area (Å²) < 4.78 is 0. The molecule has 0 aromatic heterocycles. The van der Waals surface area contributed by atoms with Gasteiger partial charge in [-0.1, -0.05) is 91.1 Å². The van der Waals surface area contributed by atoms with E-state index in [1.54, 1.807) is 0 Å². The van der Waals surface area contributed by atoms with Crippen molar-refractivity contribution in [1.82, 2.24) is 0 Å². The smallest absolute Gasteiger partial charge is 0.142 e. The van der Waals surface area contributed by atoms with Gasteiger partial charge < -0.3 is 4.84 Å². The molecule has 4 rings (SSSR count). The number of hydrogen-bond acceptors (Lipinski definition) is 2. The van der Waals surface area contributed by atoms with E-state index >= 15 is 0 Å². The molecule has 0 aliphatic heterocycles. The third-order valence-corrected chi connectivity index (χ3v) is 5.53. The summed E-state index contributed by atoms with van der Waals surface area (Å²) in [5.41, 5.74) is 6.09. The highest BCUT2D eigenvalue weighted by atomic mass is 16.6. The van der Waals surface area contributed by atoms with E-state index in [0.717, 1.165) is 11.1 Å². The molecule has 0 heterocycles. The molecular weight excluding hydrogens is 342 g/mol. The lowest BCUT2D eigenvalue weighted by Gasteiger charge is -2.22. The fourth-order valence-corrected chi connectivity index (χ4v) is 4.01. The Labute approximate surface area is 167 Å². The van der Waals surface area contributed by atoms with E-state index in [0.29, 0.717) is 12.5 Å². The van der Waals surface area contributed by atoms with Gasteiger partial charge >= 0.3 is 0 Å². The highest BCUT2D eigenvalue weighted by molar-refractivity contribution is 5.79. The molecule has 1 saturated carbocycles. The molecule has 0 amide bonds. The van der Waals surface area contributed by atoms with Crippen LogP contribution in [0.3, 0.4) is 0 Å². The summed E-state index contributed by atoms with van der Waals surface area (Å²) in [4.78, 5) is 5.57. The molecule has 3 aromatic rings. The average Bonchev–Trinajstić information content (AvgIpc) is 2.78. The standard InChI is InChI=1S/C26H27NO/c1-3-11-23(12-4-1)25-15-7-9-21(17-25)19-27-28-20-22-10-8-16-26(18-22)24-13-5-2-6-14-24/h2,5-10,13-19,23H,1,3-4,11-12,20H2. The van der Waals surface area contributed by atoms with Crippen LogP contribution < -0.4 is 0 Å². The van der Waals surface area contributed by atoms with Crippen molar-refractivity contribution in [2.24, 2.45) is 5.16 Å². The van der Waals surface area contributed by atoms with Crippen molar-refractivity contribution in [1.29, 1.82) is 0 Å². The minimum Gasteiger partial charge on any atom is -0.391 e. The van der Waals surface area contributed by atoms with Crippen LogP contribution in [-0.2, 0) is 11.4 Å². The fraction of sp³-hybridized carbons (Fsp3) is 0.269. The largest absolute Gasteiger partial charge is 0.391 e. The highest BCUT2D eigenvalue weighted by Crippen LogP contribution is 2.32. The molecule has 1 aliphatic rings. The van der Waals surface area contributed by atoms with Crippen LogP contribution in [0.2, 0.25) is 0 Å². The Morgan fingerprint density at radius 1 is 0.786 bits per heavy atom. The van der Waals surface area contributed by atoms with Crippen LogP contribution >= 0.6 is 0 Å². The van der Waals surface area contributed by atoms with Crippen molar-refractivity contribution >= 4 is 6.21 Å². The van der Waals surface area contributed by atoms with E-state index in [9.17, 15) is 0 Å². The maximum absolute atomic E-state index is 5.57. The quantitative estimate of drug-likeness (QED) is 0.340. The maximum Gasteiger partial charge on any atom is 0.142 e. The van der Waals surface area contributed by atoms with Gasteiger partial charge in [-0.2, -0.15) is 0 Å². The Morgan fingerprint density at radius 3 is 2.43 bits per heavy atom. The van der Waals surface area contributed by atoms with E-state index < -0.39 is 0 Å². The second-order valence-electron chi connectivity index (χ2n) is 7.58. The minimum atomic E-state index is 0.472. The highest BCUT2D eigenvalue weighted by Gasteiger charge is 2.15. The Bertz CT molecular complexity index is 910. The number of oxime groups is 1. The third kappa shape index (κ3) is 4.89. The molecule has 28 heavy (non-hydrogen) atoms. The SMILES string of the molecule is C(=NOCc1cccc(-c2ccccc2)c1)c1cccc(C2CCCCC2)c1. The number of hydrogen-bond donors (Lipinski definition) is 0. The van der Waals surface area contributed by atoms with Crippen molar-refractivity contribution in [2.75, 3.05) is 0 Å². The zero-order valence-electron chi connectivity index (χ0n) is 16.3. The molecule has 1 aliphatic carbocycles. The molecule has 0 saturated heterocycles. The van der Waals surface area contributed by atoms with Crippen LogP contribution in [0, 0.1) is 0 Å². The lowest BCUT2D eigenvalue weighted by molar-refractivity contribution is 0.132. The monoisotopic (exact) mass is 369 g/mol. The van der Waals surface area contributed by atoms with Crippen LogP contribution in [0.25, 0.3) is 11.1 Å². The summed E-state index contributed by atoms with van der Waals surface area (Å²) in [5.74, 6) is 0.712. The van der Waals surface area contributed by atoms with Gasteiger partial charge in [-0.15, -0.1) is 0 Å². The van der Waals surface area contributed by atoms with Gasteiger partial charge in [0.15, 0.2) is 0 Å². The lowest BCUT2D eigenvalue weighted by Crippen LogP contribution is -2.04. The molecule has 2 heteroatoms. The molecule has 0 unspecified atom stereocenters. The van der Waals surface area contributed by atoms with Crippen molar-refractivity contribution < 1.29 is 4.84 Å². The number of benzene rings is 3. The number of rotatable bonds is 6. The molecule has 0 radical (unpaired) electrons. The molecule has 0 spiro atoms. The van der Waals surface area contributed by atoms with Crippen molar-refractivity contribution in [3.8, 4) is 11.1 Å². The Hall–Kier alpha value is -2.87. The summed E-state index contributed by atoms with van der Waals surface area (Å²) >= 11 is 0.